The minimum absolute atomic E-state index is 0.118. The molecule has 0 aliphatic carbocycles. The number of carboxylic acid groups (broad SMARTS) is 1. The zero-order valence-corrected chi connectivity index (χ0v) is 10.8. The SMILES string of the molecule is Cn1cc(C(NC(=O)CCn2ccnn2)C(=O)O)cn1. The number of carbonyl (C=O) groups is 2. The molecule has 2 aromatic rings. The molecule has 2 heterocycles. The molecule has 0 bridgehead atoms. The van der Waals surface area contributed by atoms with Crippen molar-refractivity contribution in [1.29, 1.82) is 0 Å². The molecule has 1 amide bonds. The first-order chi connectivity index (χ1) is 9.56. The average Bonchev–Trinajstić information content (AvgIpc) is 3.04. The maximum absolute atomic E-state index is 11.8. The van der Waals surface area contributed by atoms with Crippen LogP contribution in [0.2, 0.25) is 0 Å². The van der Waals surface area contributed by atoms with Crippen LogP contribution in [0.25, 0.3) is 0 Å². The fourth-order valence-electron chi connectivity index (χ4n) is 1.68. The van der Waals surface area contributed by atoms with Crippen molar-refractivity contribution in [2.75, 3.05) is 0 Å². The third kappa shape index (κ3) is 3.40. The highest BCUT2D eigenvalue weighted by Crippen LogP contribution is 2.12. The average molecular weight is 278 g/mol. The minimum Gasteiger partial charge on any atom is -0.479 e. The van der Waals surface area contributed by atoms with Gasteiger partial charge in [-0.3, -0.25) is 14.2 Å². The maximum Gasteiger partial charge on any atom is 0.331 e. The third-order valence-corrected chi connectivity index (χ3v) is 2.65. The molecule has 0 spiro atoms. The second kappa shape index (κ2) is 5.95. The maximum atomic E-state index is 11.8. The van der Waals surface area contributed by atoms with Crippen molar-refractivity contribution in [1.82, 2.24) is 30.1 Å². The zero-order chi connectivity index (χ0) is 14.5. The van der Waals surface area contributed by atoms with Crippen LogP contribution in [0.15, 0.2) is 24.8 Å². The molecule has 0 radical (unpaired) electrons. The van der Waals surface area contributed by atoms with E-state index >= 15 is 0 Å². The third-order valence-electron chi connectivity index (χ3n) is 2.65. The molecular formula is C11H14N6O3. The number of aromatic nitrogens is 5. The number of hydrogen-bond acceptors (Lipinski definition) is 5. The molecule has 106 valence electrons. The van der Waals surface area contributed by atoms with Crippen molar-refractivity contribution in [3.05, 3.63) is 30.4 Å². The first-order valence-electron chi connectivity index (χ1n) is 5.91. The molecule has 0 saturated carbocycles. The lowest BCUT2D eigenvalue weighted by molar-refractivity contribution is -0.142. The van der Waals surface area contributed by atoms with Gasteiger partial charge in [-0.05, 0) is 0 Å². The lowest BCUT2D eigenvalue weighted by atomic mass is 10.1. The highest BCUT2D eigenvalue weighted by Gasteiger charge is 2.23. The summed E-state index contributed by atoms with van der Waals surface area (Å²) in [5.41, 5.74) is 0.425. The van der Waals surface area contributed by atoms with Gasteiger partial charge in [0.05, 0.1) is 18.9 Å². The number of aryl methyl sites for hydroxylation is 2. The molecule has 1 atom stereocenters. The van der Waals surface area contributed by atoms with Crippen LogP contribution >= 0.6 is 0 Å². The number of amides is 1. The van der Waals surface area contributed by atoms with Gasteiger partial charge in [0.25, 0.3) is 0 Å². The Morgan fingerprint density at radius 2 is 2.30 bits per heavy atom. The van der Waals surface area contributed by atoms with Crippen molar-refractivity contribution in [3.63, 3.8) is 0 Å². The highest BCUT2D eigenvalue weighted by atomic mass is 16.4. The van der Waals surface area contributed by atoms with Crippen LogP contribution in [0.3, 0.4) is 0 Å². The number of nitrogens with zero attached hydrogens (tertiary/aromatic N) is 5. The molecule has 9 nitrogen and oxygen atoms in total. The van der Waals surface area contributed by atoms with Gasteiger partial charge < -0.3 is 10.4 Å². The zero-order valence-electron chi connectivity index (χ0n) is 10.8. The Kier molecular flexibility index (Phi) is 4.08. The summed E-state index contributed by atoms with van der Waals surface area (Å²) in [6.07, 6.45) is 6.22. The quantitative estimate of drug-likeness (QED) is 0.725. The van der Waals surface area contributed by atoms with E-state index in [0.29, 0.717) is 12.1 Å². The Morgan fingerprint density at radius 1 is 1.50 bits per heavy atom. The Morgan fingerprint density at radius 3 is 2.85 bits per heavy atom. The fraction of sp³-hybridized carbons (Fsp3) is 0.364. The summed E-state index contributed by atoms with van der Waals surface area (Å²) in [5, 5.41) is 22.8. The molecule has 0 aliphatic rings. The van der Waals surface area contributed by atoms with Gasteiger partial charge in [0, 0.05) is 31.4 Å². The fourth-order valence-corrected chi connectivity index (χ4v) is 1.68. The minimum atomic E-state index is -1.13. The molecule has 9 heteroatoms. The smallest absolute Gasteiger partial charge is 0.331 e. The molecule has 20 heavy (non-hydrogen) atoms. The second-order valence-corrected chi connectivity index (χ2v) is 4.20. The summed E-state index contributed by atoms with van der Waals surface area (Å²) >= 11 is 0. The van der Waals surface area contributed by atoms with Crippen LogP contribution in [0.4, 0.5) is 0 Å². The number of carboxylic acids is 1. The van der Waals surface area contributed by atoms with Gasteiger partial charge in [0.2, 0.25) is 5.91 Å². The summed E-state index contributed by atoms with van der Waals surface area (Å²) in [7, 11) is 1.68. The summed E-state index contributed by atoms with van der Waals surface area (Å²) < 4.78 is 2.98. The lowest BCUT2D eigenvalue weighted by Crippen LogP contribution is -2.34. The first-order valence-corrected chi connectivity index (χ1v) is 5.91. The monoisotopic (exact) mass is 278 g/mol. The van der Waals surface area contributed by atoms with Crippen molar-refractivity contribution in [3.8, 4) is 0 Å². The van der Waals surface area contributed by atoms with Crippen LogP contribution in [0.1, 0.15) is 18.0 Å². The number of hydrogen-bond donors (Lipinski definition) is 2. The lowest BCUT2D eigenvalue weighted by Gasteiger charge is -2.12. The van der Waals surface area contributed by atoms with Crippen LogP contribution in [0.5, 0.6) is 0 Å². The largest absolute Gasteiger partial charge is 0.479 e. The van der Waals surface area contributed by atoms with E-state index in [1.807, 2.05) is 0 Å². The summed E-state index contributed by atoms with van der Waals surface area (Å²) in [4.78, 5) is 23.0. The van der Waals surface area contributed by atoms with Crippen LogP contribution in [-0.2, 0) is 23.2 Å². The van der Waals surface area contributed by atoms with Gasteiger partial charge in [-0.2, -0.15) is 5.10 Å². The molecule has 0 aliphatic heterocycles. The molecule has 0 aromatic carbocycles. The van der Waals surface area contributed by atoms with E-state index in [0.717, 1.165) is 0 Å². The van der Waals surface area contributed by atoms with E-state index in [1.54, 1.807) is 19.4 Å². The standard InChI is InChI=1S/C11H14N6O3/c1-16-7-8(6-13-16)10(11(19)20)14-9(18)2-4-17-5-3-12-15-17/h3,5-7,10H,2,4H2,1H3,(H,14,18)(H,19,20). The van der Waals surface area contributed by atoms with Gasteiger partial charge in [-0.25, -0.2) is 4.79 Å². The van der Waals surface area contributed by atoms with Crippen LogP contribution < -0.4 is 5.32 Å². The van der Waals surface area contributed by atoms with E-state index in [-0.39, 0.29) is 12.3 Å². The molecule has 0 saturated heterocycles. The van der Waals surface area contributed by atoms with Crippen molar-refractivity contribution < 1.29 is 14.7 Å². The van der Waals surface area contributed by atoms with Crippen LogP contribution in [-0.4, -0.2) is 41.8 Å². The summed E-state index contributed by atoms with van der Waals surface area (Å²) in [6, 6.07) is -1.10. The number of rotatable bonds is 6. The first kappa shape index (κ1) is 13.7. The van der Waals surface area contributed by atoms with Gasteiger partial charge in [-0.15, -0.1) is 5.10 Å². The van der Waals surface area contributed by atoms with Crippen LogP contribution in [0, 0.1) is 0 Å². The molecule has 0 fully saturated rings. The van der Waals surface area contributed by atoms with E-state index in [4.69, 9.17) is 5.11 Å². The normalized spacial score (nSPS) is 12.1. The number of carbonyl (C=O) groups excluding carboxylic acids is 1. The summed E-state index contributed by atoms with van der Waals surface area (Å²) in [6.45, 7) is 0.339. The Bertz CT molecular complexity index is 591. The Labute approximate surface area is 114 Å². The van der Waals surface area contributed by atoms with Gasteiger partial charge in [-0.1, -0.05) is 5.21 Å². The van der Waals surface area contributed by atoms with E-state index in [2.05, 4.69) is 20.7 Å². The van der Waals surface area contributed by atoms with Gasteiger partial charge in [0.15, 0.2) is 6.04 Å². The molecule has 2 aromatic heterocycles. The van der Waals surface area contributed by atoms with Crippen molar-refractivity contribution >= 4 is 11.9 Å². The van der Waals surface area contributed by atoms with E-state index in [1.165, 1.54) is 21.8 Å². The van der Waals surface area contributed by atoms with Gasteiger partial charge in [0.1, 0.15) is 0 Å². The van der Waals surface area contributed by atoms with E-state index in [9.17, 15) is 9.59 Å². The van der Waals surface area contributed by atoms with Gasteiger partial charge >= 0.3 is 5.97 Å². The highest BCUT2D eigenvalue weighted by molar-refractivity contribution is 5.84. The van der Waals surface area contributed by atoms with Crippen molar-refractivity contribution in [2.45, 2.75) is 19.0 Å². The molecule has 2 N–H and O–H groups in total. The predicted molar refractivity (Wildman–Crippen MR) is 66.4 cm³/mol. The second-order valence-electron chi connectivity index (χ2n) is 4.20. The van der Waals surface area contributed by atoms with Crippen molar-refractivity contribution in [2.24, 2.45) is 7.05 Å². The molecular weight excluding hydrogens is 264 g/mol. The Hall–Kier alpha value is -2.71. The molecule has 1 unspecified atom stereocenters. The predicted octanol–water partition coefficient (Wildman–Crippen LogP) is -0.656. The molecule has 2 rings (SSSR count). The number of nitrogens with one attached hydrogen (secondary N) is 1. The van der Waals surface area contributed by atoms with E-state index < -0.39 is 12.0 Å². The number of aliphatic carboxylic acids is 1. The Balaban J connectivity index is 1.94. The topological polar surface area (TPSA) is 115 Å². The summed E-state index contributed by atoms with van der Waals surface area (Å²) in [5.74, 6) is -1.51.